The maximum atomic E-state index is 12.1. The van der Waals surface area contributed by atoms with Crippen LogP contribution in [0.15, 0.2) is 24.3 Å². The number of ether oxygens (including phenoxy) is 2. The SMILES string of the molecule is COc1ccc(N(C(C)=O)[C@@H]2CS(=O)(=O)C[C@@H]2OC(C)=O)cc1. The van der Waals surface area contributed by atoms with Crippen LogP contribution in [0.3, 0.4) is 0 Å². The van der Waals surface area contributed by atoms with E-state index in [0.29, 0.717) is 11.4 Å². The summed E-state index contributed by atoms with van der Waals surface area (Å²) in [4.78, 5) is 24.7. The summed E-state index contributed by atoms with van der Waals surface area (Å²) in [7, 11) is -1.86. The molecule has 1 aromatic rings. The molecular weight excluding hydrogens is 322 g/mol. The minimum Gasteiger partial charge on any atom is -0.497 e. The first kappa shape index (κ1) is 17.3. The maximum Gasteiger partial charge on any atom is 0.303 e. The van der Waals surface area contributed by atoms with E-state index < -0.39 is 28.0 Å². The summed E-state index contributed by atoms with van der Waals surface area (Å²) in [6.45, 7) is 2.56. The number of carbonyl (C=O) groups is 2. The van der Waals surface area contributed by atoms with E-state index in [1.165, 1.54) is 25.9 Å². The quantitative estimate of drug-likeness (QED) is 0.752. The topological polar surface area (TPSA) is 90.0 Å². The first-order chi connectivity index (χ1) is 10.7. The summed E-state index contributed by atoms with van der Waals surface area (Å²) in [5.41, 5.74) is 0.526. The van der Waals surface area contributed by atoms with E-state index in [0.717, 1.165) is 0 Å². The average molecular weight is 341 g/mol. The van der Waals surface area contributed by atoms with Gasteiger partial charge in [-0.3, -0.25) is 9.59 Å². The van der Waals surface area contributed by atoms with E-state index in [2.05, 4.69) is 0 Å². The number of methoxy groups -OCH3 is 1. The van der Waals surface area contributed by atoms with Gasteiger partial charge in [-0.15, -0.1) is 0 Å². The first-order valence-electron chi connectivity index (χ1n) is 7.05. The van der Waals surface area contributed by atoms with Gasteiger partial charge < -0.3 is 14.4 Å². The number of benzene rings is 1. The molecule has 0 bridgehead atoms. The van der Waals surface area contributed by atoms with Crippen LogP contribution in [-0.2, 0) is 24.2 Å². The number of nitrogens with zero attached hydrogens (tertiary/aromatic N) is 1. The van der Waals surface area contributed by atoms with Crippen LogP contribution in [0.4, 0.5) is 5.69 Å². The third kappa shape index (κ3) is 4.01. The third-order valence-electron chi connectivity index (χ3n) is 3.61. The van der Waals surface area contributed by atoms with E-state index in [-0.39, 0.29) is 17.4 Å². The van der Waals surface area contributed by atoms with Crippen molar-refractivity contribution in [3.05, 3.63) is 24.3 Å². The zero-order valence-electron chi connectivity index (χ0n) is 13.2. The van der Waals surface area contributed by atoms with Crippen LogP contribution < -0.4 is 9.64 Å². The van der Waals surface area contributed by atoms with Gasteiger partial charge >= 0.3 is 5.97 Å². The molecule has 0 aromatic heterocycles. The molecule has 0 spiro atoms. The monoisotopic (exact) mass is 341 g/mol. The van der Waals surface area contributed by atoms with Crippen LogP contribution >= 0.6 is 0 Å². The minimum atomic E-state index is -3.39. The van der Waals surface area contributed by atoms with E-state index in [9.17, 15) is 18.0 Å². The second-order valence-corrected chi connectivity index (χ2v) is 7.53. The highest BCUT2D eigenvalue weighted by atomic mass is 32.2. The molecule has 1 aromatic carbocycles. The third-order valence-corrected chi connectivity index (χ3v) is 5.30. The Morgan fingerprint density at radius 2 is 1.74 bits per heavy atom. The zero-order chi connectivity index (χ0) is 17.2. The Kier molecular flexibility index (Phi) is 4.93. The molecule has 2 rings (SSSR count). The van der Waals surface area contributed by atoms with E-state index in [4.69, 9.17) is 9.47 Å². The molecule has 8 heteroatoms. The molecule has 7 nitrogen and oxygen atoms in total. The summed E-state index contributed by atoms with van der Waals surface area (Å²) in [5.74, 6) is -0.800. The summed E-state index contributed by atoms with van der Waals surface area (Å²) in [5, 5.41) is 0. The van der Waals surface area contributed by atoms with Gasteiger partial charge in [-0.25, -0.2) is 8.42 Å². The fraction of sp³-hybridized carbons (Fsp3) is 0.467. The highest BCUT2D eigenvalue weighted by molar-refractivity contribution is 7.91. The lowest BCUT2D eigenvalue weighted by atomic mass is 10.1. The number of anilines is 1. The van der Waals surface area contributed by atoms with Crippen molar-refractivity contribution in [3.63, 3.8) is 0 Å². The number of hydrogen-bond donors (Lipinski definition) is 0. The van der Waals surface area contributed by atoms with Crippen LogP contribution in [0.2, 0.25) is 0 Å². The second-order valence-electron chi connectivity index (χ2n) is 5.38. The van der Waals surface area contributed by atoms with Gasteiger partial charge in [0.05, 0.1) is 24.7 Å². The largest absolute Gasteiger partial charge is 0.497 e. The Labute approximate surface area is 135 Å². The molecule has 126 valence electrons. The molecule has 23 heavy (non-hydrogen) atoms. The lowest BCUT2D eigenvalue weighted by Crippen LogP contribution is -2.47. The normalized spacial score (nSPS) is 22.4. The smallest absolute Gasteiger partial charge is 0.303 e. The zero-order valence-corrected chi connectivity index (χ0v) is 14.0. The van der Waals surface area contributed by atoms with Crippen LogP contribution in [0.1, 0.15) is 13.8 Å². The number of carbonyl (C=O) groups excluding carboxylic acids is 2. The number of rotatable bonds is 4. The number of amides is 1. The molecule has 2 atom stereocenters. The average Bonchev–Trinajstić information content (AvgIpc) is 2.73. The van der Waals surface area contributed by atoms with Gasteiger partial charge in [0, 0.05) is 19.5 Å². The van der Waals surface area contributed by atoms with Crippen molar-refractivity contribution in [1.82, 2.24) is 0 Å². The molecule has 0 unspecified atom stereocenters. The lowest BCUT2D eigenvalue weighted by molar-refractivity contribution is -0.146. The van der Waals surface area contributed by atoms with Gasteiger partial charge in [0.15, 0.2) is 9.84 Å². The Balaban J connectivity index is 2.37. The van der Waals surface area contributed by atoms with Crippen LogP contribution in [0, 0.1) is 0 Å². The number of hydrogen-bond acceptors (Lipinski definition) is 6. The molecule has 0 radical (unpaired) electrons. The maximum absolute atomic E-state index is 12.1. The molecule has 1 aliphatic rings. The Morgan fingerprint density at radius 3 is 2.22 bits per heavy atom. The summed E-state index contributed by atoms with van der Waals surface area (Å²) >= 11 is 0. The minimum absolute atomic E-state index is 0.240. The Hall–Kier alpha value is -2.09. The lowest BCUT2D eigenvalue weighted by Gasteiger charge is -2.31. The standard InChI is InChI=1S/C15H19NO6S/c1-10(17)16(12-4-6-13(21-3)7-5-12)14-8-23(19,20)9-15(14)22-11(2)18/h4-7,14-15H,8-9H2,1-3H3/t14-,15+/m1/s1. The number of esters is 1. The van der Waals surface area contributed by atoms with Gasteiger partial charge in [-0.05, 0) is 24.3 Å². The fourth-order valence-corrected chi connectivity index (χ4v) is 4.52. The summed E-state index contributed by atoms with van der Waals surface area (Å²) in [6, 6.07) is 5.94. The van der Waals surface area contributed by atoms with Crippen molar-refractivity contribution in [1.29, 1.82) is 0 Å². The predicted molar refractivity (Wildman–Crippen MR) is 84.1 cm³/mol. The van der Waals surface area contributed by atoms with Gasteiger partial charge in [0.25, 0.3) is 0 Å². The van der Waals surface area contributed by atoms with Crippen LogP contribution in [0.5, 0.6) is 5.75 Å². The van der Waals surface area contributed by atoms with Crippen molar-refractivity contribution in [2.75, 3.05) is 23.5 Å². The molecule has 1 fully saturated rings. The van der Waals surface area contributed by atoms with Gasteiger partial charge in [-0.1, -0.05) is 0 Å². The first-order valence-corrected chi connectivity index (χ1v) is 8.87. The van der Waals surface area contributed by atoms with Crippen molar-refractivity contribution >= 4 is 27.4 Å². The van der Waals surface area contributed by atoms with E-state index >= 15 is 0 Å². The molecule has 1 amide bonds. The van der Waals surface area contributed by atoms with Gasteiger partial charge in [0.1, 0.15) is 11.9 Å². The van der Waals surface area contributed by atoms with Crippen LogP contribution in [0.25, 0.3) is 0 Å². The summed E-state index contributed by atoms with van der Waals surface area (Å²) in [6.07, 6.45) is -0.872. The predicted octanol–water partition coefficient (Wildman–Crippen LogP) is 0.777. The highest BCUT2D eigenvalue weighted by Gasteiger charge is 2.44. The van der Waals surface area contributed by atoms with Crippen molar-refractivity contribution < 1.29 is 27.5 Å². The van der Waals surface area contributed by atoms with Gasteiger partial charge in [0.2, 0.25) is 5.91 Å². The van der Waals surface area contributed by atoms with E-state index in [1.54, 1.807) is 24.3 Å². The van der Waals surface area contributed by atoms with Crippen molar-refractivity contribution in [2.45, 2.75) is 26.0 Å². The second kappa shape index (κ2) is 6.57. The molecule has 1 aliphatic heterocycles. The van der Waals surface area contributed by atoms with Gasteiger partial charge in [-0.2, -0.15) is 0 Å². The summed E-state index contributed by atoms with van der Waals surface area (Å²) < 4.78 is 34.1. The van der Waals surface area contributed by atoms with Crippen molar-refractivity contribution in [2.24, 2.45) is 0 Å². The van der Waals surface area contributed by atoms with Crippen molar-refractivity contribution in [3.8, 4) is 5.75 Å². The molecule has 1 heterocycles. The Bertz CT molecular complexity index is 697. The molecule has 1 saturated heterocycles. The molecular formula is C15H19NO6S. The molecule has 0 saturated carbocycles. The molecule has 0 aliphatic carbocycles. The fourth-order valence-electron chi connectivity index (χ4n) is 2.71. The van der Waals surface area contributed by atoms with Crippen LogP contribution in [-0.4, -0.2) is 51.1 Å². The molecule has 0 N–H and O–H groups in total. The Morgan fingerprint density at radius 1 is 1.13 bits per heavy atom. The highest BCUT2D eigenvalue weighted by Crippen LogP contribution is 2.28. The van der Waals surface area contributed by atoms with E-state index in [1.807, 2.05) is 0 Å². The number of sulfone groups is 1.